The van der Waals surface area contributed by atoms with Gasteiger partial charge < -0.3 is 20.2 Å². The Morgan fingerprint density at radius 2 is 2.11 bits per heavy atom. The maximum absolute atomic E-state index is 11.5. The Labute approximate surface area is 111 Å². The Hall–Kier alpha value is -1.98. The number of aromatic carboxylic acids is 1. The Morgan fingerprint density at radius 1 is 1.42 bits per heavy atom. The summed E-state index contributed by atoms with van der Waals surface area (Å²) in [5.41, 5.74) is 0.338. The minimum atomic E-state index is -1.12. The van der Waals surface area contributed by atoms with Crippen LogP contribution in [0.4, 0.5) is 4.79 Å². The molecule has 1 atom stereocenters. The quantitative estimate of drug-likeness (QED) is 0.758. The van der Waals surface area contributed by atoms with Gasteiger partial charge in [0.15, 0.2) is 0 Å². The number of amides is 2. The normalized spacial score (nSPS) is 19.8. The van der Waals surface area contributed by atoms with E-state index in [0.717, 1.165) is 6.42 Å². The molecule has 19 heavy (non-hydrogen) atoms. The minimum Gasteiger partial charge on any atom is -0.475 e. The summed E-state index contributed by atoms with van der Waals surface area (Å²) in [4.78, 5) is 22.1. The highest BCUT2D eigenvalue weighted by atomic mass is 16.4. The van der Waals surface area contributed by atoms with Crippen LogP contribution in [0.3, 0.4) is 0 Å². The zero-order valence-corrected chi connectivity index (χ0v) is 11.0. The number of carboxylic acids is 1. The Balaban J connectivity index is 1.69. The molecule has 6 heteroatoms. The predicted octanol–water partition coefficient (Wildman–Crippen LogP) is 1.82. The van der Waals surface area contributed by atoms with E-state index in [-0.39, 0.29) is 18.3 Å². The van der Waals surface area contributed by atoms with Gasteiger partial charge in [-0.3, -0.25) is 0 Å². The van der Waals surface area contributed by atoms with E-state index in [1.165, 1.54) is 12.1 Å². The summed E-state index contributed by atoms with van der Waals surface area (Å²) < 4.78 is 5.02. The number of hydrogen-bond acceptors (Lipinski definition) is 3. The van der Waals surface area contributed by atoms with Crippen LogP contribution in [0, 0.1) is 11.3 Å². The number of carboxylic acid groups (broad SMARTS) is 1. The van der Waals surface area contributed by atoms with Gasteiger partial charge in [0.25, 0.3) is 0 Å². The molecule has 0 aliphatic heterocycles. The molecule has 1 fully saturated rings. The highest BCUT2D eigenvalue weighted by Gasteiger charge is 2.45. The summed E-state index contributed by atoms with van der Waals surface area (Å²) in [5, 5.41) is 14.1. The smallest absolute Gasteiger partial charge is 0.371 e. The van der Waals surface area contributed by atoms with Crippen LogP contribution in [-0.4, -0.2) is 23.7 Å². The van der Waals surface area contributed by atoms with Gasteiger partial charge in [-0.15, -0.1) is 0 Å². The van der Waals surface area contributed by atoms with Gasteiger partial charge >= 0.3 is 12.0 Å². The summed E-state index contributed by atoms with van der Waals surface area (Å²) in [6.45, 7) is 5.19. The molecule has 1 heterocycles. The van der Waals surface area contributed by atoms with Crippen molar-refractivity contribution in [1.29, 1.82) is 0 Å². The highest BCUT2D eigenvalue weighted by Crippen LogP contribution is 2.50. The first-order valence-corrected chi connectivity index (χ1v) is 6.22. The molecule has 0 spiro atoms. The standard InChI is InChI=1S/C13H18N2O4/c1-13(2)5-8(13)6-14-12(18)15-7-9-3-4-10(19-9)11(16)17/h3-4,8H,5-7H2,1-2H3,(H,16,17)(H2,14,15,18). The van der Waals surface area contributed by atoms with E-state index in [1.807, 2.05) is 0 Å². The molecule has 2 rings (SSSR count). The van der Waals surface area contributed by atoms with Gasteiger partial charge in [0.2, 0.25) is 5.76 Å². The van der Waals surface area contributed by atoms with E-state index >= 15 is 0 Å². The van der Waals surface area contributed by atoms with E-state index in [4.69, 9.17) is 9.52 Å². The van der Waals surface area contributed by atoms with Gasteiger partial charge in [-0.25, -0.2) is 9.59 Å². The molecule has 2 amide bonds. The Morgan fingerprint density at radius 3 is 2.63 bits per heavy atom. The molecule has 6 nitrogen and oxygen atoms in total. The first kappa shape index (κ1) is 13.5. The van der Waals surface area contributed by atoms with Crippen LogP contribution in [0.1, 0.15) is 36.6 Å². The third-order valence-corrected chi connectivity index (χ3v) is 3.52. The summed E-state index contributed by atoms with van der Waals surface area (Å²) in [5.74, 6) is -0.289. The van der Waals surface area contributed by atoms with Crippen molar-refractivity contribution in [3.05, 3.63) is 23.7 Å². The van der Waals surface area contributed by atoms with Crippen LogP contribution in [0.2, 0.25) is 0 Å². The van der Waals surface area contributed by atoms with Crippen molar-refractivity contribution < 1.29 is 19.1 Å². The maximum atomic E-state index is 11.5. The van der Waals surface area contributed by atoms with Gasteiger partial charge in [-0.1, -0.05) is 13.8 Å². The Bertz CT molecular complexity index is 493. The fraction of sp³-hybridized carbons (Fsp3) is 0.538. The van der Waals surface area contributed by atoms with Gasteiger partial charge in [-0.05, 0) is 29.9 Å². The van der Waals surface area contributed by atoms with Crippen molar-refractivity contribution in [3.63, 3.8) is 0 Å². The molecule has 0 saturated heterocycles. The molecule has 1 saturated carbocycles. The van der Waals surface area contributed by atoms with Gasteiger partial charge in [0.05, 0.1) is 6.54 Å². The molecule has 0 aromatic carbocycles. The van der Waals surface area contributed by atoms with Crippen molar-refractivity contribution in [2.45, 2.75) is 26.8 Å². The number of carbonyl (C=O) groups is 2. The van der Waals surface area contributed by atoms with E-state index in [0.29, 0.717) is 23.6 Å². The van der Waals surface area contributed by atoms with Crippen LogP contribution in [0.5, 0.6) is 0 Å². The molecule has 104 valence electrons. The van der Waals surface area contributed by atoms with Crippen molar-refractivity contribution >= 4 is 12.0 Å². The summed E-state index contributed by atoms with van der Waals surface area (Å²) in [6, 6.07) is 2.63. The van der Waals surface area contributed by atoms with Crippen molar-refractivity contribution in [1.82, 2.24) is 10.6 Å². The third-order valence-electron chi connectivity index (χ3n) is 3.52. The number of furan rings is 1. The minimum absolute atomic E-state index is 0.128. The second-order valence-corrected chi connectivity index (χ2v) is 5.52. The van der Waals surface area contributed by atoms with Crippen LogP contribution in [-0.2, 0) is 6.54 Å². The van der Waals surface area contributed by atoms with Crippen LogP contribution >= 0.6 is 0 Å². The van der Waals surface area contributed by atoms with Gasteiger partial charge in [0.1, 0.15) is 5.76 Å². The molecule has 0 bridgehead atoms. The van der Waals surface area contributed by atoms with Crippen molar-refractivity contribution in [2.24, 2.45) is 11.3 Å². The molecule has 1 unspecified atom stereocenters. The first-order chi connectivity index (χ1) is 8.88. The molecule has 1 aliphatic carbocycles. The molecule has 1 aromatic heterocycles. The summed E-state index contributed by atoms with van der Waals surface area (Å²) >= 11 is 0. The van der Waals surface area contributed by atoms with Gasteiger partial charge in [-0.2, -0.15) is 0 Å². The second-order valence-electron chi connectivity index (χ2n) is 5.52. The van der Waals surface area contributed by atoms with Crippen LogP contribution in [0.15, 0.2) is 16.5 Å². The lowest BCUT2D eigenvalue weighted by Crippen LogP contribution is -2.36. The lowest BCUT2D eigenvalue weighted by atomic mass is 10.1. The third kappa shape index (κ3) is 3.49. The van der Waals surface area contributed by atoms with Crippen molar-refractivity contribution in [3.8, 4) is 0 Å². The average molecular weight is 266 g/mol. The first-order valence-electron chi connectivity index (χ1n) is 6.22. The Kier molecular flexibility index (Phi) is 3.50. The van der Waals surface area contributed by atoms with E-state index < -0.39 is 5.97 Å². The van der Waals surface area contributed by atoms with E-state index in [9.17, 15) is 9.59 Å². The van der Waals surface area contributed by atoms with E-state index in [1.54, 1.807) is 0 Å². The van der Waals surface area contributed by atoms with Crippen LogP contribution in [0.25, 0.3) is 0 Å². The van der Waals surface area contributed by atoms with Crippen LogP contribution < -0.4 is 10.6 Å². The number of nitrogens with one attached hydrogen (secondary N) is 2. The predicted molar refractivity (Wildman–Crippen MR) is 67.8 cm³/mol. The number of urea groups is 1. The zero-order chi connectivity index (χ0) is 14.0. The molecular formula is C13H18N2O4. The molecule has 0 radical (unpaired) electrons. The highest BCUT2D eigenvalue weighted by molar-refractivity contribution is 5.84. The molecular weight excluding hydrogens is 248 g/mol. The van der Waals surface area contributed by atoms with Crippen molar-refractivity contribution in [2.75, 3.05) is 6.54 Å². The topological polar surface area (TPSA) is 91.6 Å². The summed E-state index contributed by atoms with van der Waals surface area (Å²) in [6.07, 6.45) is 1.13. The van der Waals surface area contributed by atoms with Gasteiger partial charge in [0, 0.05) is 6.54 Å². The summed E-state index contributed by atoms with van der Waals surface area (Å²) in [7, 11) is 0. The largest absolute Gasteiger partial charge is 0.475 e. The SMILES string of the molecule is CC1(C)CC1CNC(=O)NCc1ccc(C(=O)O)o1. The number of rotatable bonds is 5. The fourth-order valence-corrected chi connectivity index (χ4v) is 1.96. The zero-order valence-electron chi connectivity index (χ0n) is 11.0. The number of hydrogen-bond donors (Lipinski definition) is 3. The second kappa shape index (κ2) is 4.95. The molecule has 1 aromatic rings. The molecule has 3 N–H and O–H groups in total. The number of carbonyl (C=O) groups excluding carboxylic acids is 1. The maximum Gasteiger partial charge on any atom is 0.371 e. The van der Waals surface area contributed by atoms with E-state index in [2.05, 4.69) is 24.5 Å². The lowest BCUT2D eigenvalue weighted by molar-refractivity contribution is 0.0660. The molecule has 1 aliphatic rings. The monoisotopic (exact) mass is 266 g/mol. The fourth-order valence-electron chi connectivity index (χ4n) is 1.96. The average Bonchev–Trinajstić information content (AvgIpc) is 2.78. The lowest BCUT2D eigenvalue weighted by Gasteiger charge is -2.07.